The summed E-state index contributed by atoms with van der Waals surface area (Å²) in [4.78, 5) is 11.9. The molecule has 0 amide bonds. The normalized spacial score (nSPS) is 10.1. The number of carbonyl (C=O) groups excluding carboxylic acids is 1. The summed E-state index contributed by atoms with van der Waals surface area (Å²) < 4.78 is 4.66. The van der Waals surface area contributed by atoms with E-state index in [1.54, 1.807) is 6.07 Å². The van der Waals surface area contributed by atoms with Crippen LogP contribution < -0.4 is 5.73 Å². The zero-order valence-electron chi connectivity index (χ0n) is 8.77. The highest BCUT2D eigenvalue weighted by molar-refractivity contribution is 7.12. The maximum absolute atomic E-state index is 11.3. The second kappa shape index (κ2) is 4.37. The van der Waals surface area contributed by atoms with Crippen molar-refractivity contribution in [1.82, 2.24) is 0 Å². The first-order chi connectivity index (χ1) is 7.72. The van der Waals surface area contributed by atoms with Crippen molar-refractivity contribution in [2.24, 2.45) is 0 Å². The number of anilines is 1. The number of ether oxygens (including phenoxy) is 1. The van der Waals surface area contributed by atoms with Gasteiger partial charge < -0.3 is 10.5 Å². The van der Waals surface area contributed by atoms with Gasteiger partial charge in [0.25, 0.3) is 0 Å². The lowest BCUT2D eigenvalue weighted by atomic mass is 10.1. The zero-order valence-corrected chi connectivity index (χ0v) is 9.58. The lowest BCUT2D eigenvalue weighted by Gasteiger charge is -2.01. The minimum absolute atomic E-state index is 0.314. The van der Waals surface area contributed by atoms with E-state index in [1.807, 2.05) is 29.6 Å². The molecule has 0 spiro atoms. The Labute approximate surface area is 97.5 Å². The smallest absolute Gasteiger partial charge is 0.348 e. The van der Waals surface area contributed by atoms with Crippen LogP contribution in [0.4, 0.5) is 5.69 Å². The first-order valence-corrected chi connectivity index (χ1v) is 5.62. The van der Waals surface area contributed by atoms with E-state index in [1.165, 1.54) is 18.4 Å². The zero-order chi connectivity index (χ0) is 11.5. The minimum atomic E-state index is -0.314. The summed E-state index contributed by atoms with van der Waals surface area (Å²) >= 11 is 1.36. The molecule has 1 aromatic heterocycles. The Kier molecular flexibility index (Phi) is 2.92. The summed E-state index contributed by atoms with van der Waals surface area (Å²) in [5, 5.41) is 1.90. The fourth-order valence-corrected chi connectivity index (χ4v) is 2.27. The summed E-state index contributed by atoms with van der Waals surface area (Å²) in [6.45, 7) is 0. The van der Waals surface area contributed by atoms with Gasteiger partial charge in [0, 0.05) is 11.3 Å². The molecule has 1 aromatic carbocycles. The van der Waals surface area contributed by atoms with E-state index in [0.717, 1.165) is 11.1 Å². The third-order valence-electron chi connectivity index (χ3n) is 2.26. The van der Waals surface area contributed by atoms with Crippen LogP contribution in [-0.4, -0.2) is 13.1 Å². The number of thiophene rings is 1. The highest BCUT2D eigenvalue weighted by atomic mass is 32.1. The first-order valence-electron chi connectivity index (χ1n) is 4.74. The van der Waals surface area contributed by atoms with Gasteiger partial charge in [0.05, 0.1) is 7.11 Å². The van der Waals surface area contributed by atoms with Gasteiger partial charge in [-0.3, -0.25) is 0 Å². The highest BCUT2D eigenvalue weighted by Crippen LogP contribution is 2.29. The monoisotopic (exact) mass is 233 g/mol. The molecule has 0 atom stereocenters. The quantitative estimate of drug-likeness (QED) is 0.641. The molecule has 0 saturated heterocycles. The topological polar surface area (TPSA) is 52.3 Å². The average molecular weight is 233 g/mol. The Bertz CT molecular complexity index is 519. The average Bonchev–Trinajstić information content (AvgIpc) is 2.78. The van der Waals surface area contributed by atoms with E-state index < -0.39 is 0 Å². The predicted octanol–water partition coefficient (Wildman–Crippen LogP) is 2.78. The number of nitrogens with two attached hydrogens (primary N) is 1. The van der Waals surface area contributed by atoms with Crippen LogP contribution in [0.5, 0.6) is 0 Å². The van der Waals surface area contributed by atoms with Crippen molar-refractivity contribution in [3.63, 3.8) is 0 Å². The van der Waals surface area contributed by atoms with Crippen molar-refractivity contribution >= 4 is 23.0 Å². The molecular weight excluding hydrogens is 222 g/mol. The number of hydrogen-bond acceptors (Lipinski definition) is 4. The van der Waals surface area contributed by atoms with Crippen LogP contribution in [0.1, 0.15) is 9.67 Å². The first kappa shape index (κ1) is 10.7. The number of rotatable bonds is 2. The van der Waals surface area contributed by atoms with Crippen LogP contribution in [0.2, 0.25) is 0 Å². The summed E-state index contributed by atoms with van der Waals surface area (Å²) in [5.74, 6) is -0.314. The standard InChI is InChI=1S/C12H11NO2S/c1-15-12(14)11-6-8(7-16-11)9-4-2-3-5-10(9)13/h2-7H,13H2,1H3. The molecule has 16 heavy (non-hydrogen) atoms. The second-order valence-corrected chi connectivity index (χ2v) is 4.19. The summed E-state index contributed by atoms with van der Waals surface area (Å²) in [6.07, 6.45) is 0. The van der Waals surface area contributed by atoms with Crippen molar-refractivity contribution in [3.05, 3.63) is 40.6 Å². The molecule has 0 aliphatic rings. The number of hydrogen-bond donors (Lipinski definition) is 1. The van der Waals surface area contributed by atoms with Crippen LogP contribution in [0.15, 0.2) is 35.7 Å². The van der Waals surface area contributed by atoms with Gasteiger partial charge in [-0.15, -0.1) is 11.3 Å². The van der Waals surface area contributed by atoms with E-state index in [-0.39, 0.29) is 5.97 Å². The van der Waals surface area contributed by atoms with Crippen LogP contribution >= 0.6 is 11.3 Å². The molecule has 4 heteroatoms. The SMILES string of the molecule is COC(=O)c1cc(-c2ccccc2N)cs1. The van der Waals surface area contributed by atoms with Crippen LogP contribution in [-0.2, 0) is 4.74 Å². The van der Waals surface area contributed by atoms with Crippen LogP contribution in [0, 0.1) is 0 Å². The Morgan fingerprint density at radius 1 is 1.38 bits per heavy atom. The molecule has 2 rings (SSSR count). The number of nitrogen functional groups attached to an aromatic ring is 1. The molecule has 3 nitrogen and oxygen atoms in total. The molecule has 0 aliphatic heterocycles. The second-order valence-electron chi connectivity index (χ2n) is 3.28. The minimum Gasteiger partial charge on any atom is -0.465 e. The summed E-state index contributed by atoms with van der Waals surface area (Å²) in [6, 6.07) is 9.36. The largest absolute Gasteiger partial charge is 0.465 e. The third kappa shape index (κ3) is 1.92. The van der Waals surface area contributed by atoms with Crippen molar-refractivity contribution in [2.75, 3.05) is 12.8 Å². The molecule has 1 heterocycles. The Morgan fingerprint density at radius 3 is 2.81 bits per heavy atom. The van der Waals surface area contributed by atoms with Crippen molar-refractivity contribution in [2.45, 2.75) is 0 Å². The van der Waals surface area contributed by atoms with Crippen LogP contribution in [0.3, 0.4) is 0 Å². The molecule has 0 radical (unpaired) electrons. The lowest BCUT2D eigenvalue weighted by Crippen LogP contribution is -1.97. The Morgan fingerprint density at radius 2 is 2.12 bits per heavy atom. The number of methoxy groups -OCH3 is 1. The molecule has 0 saturated carbocycles. The molecule has 0 aliphatic carbocycles. The fraction of sp³-hybridized carbons (Fsp3) is 0.0833. The number of esters is 1. The molecule has 0 bridgehead atoms. The van der Waals surface area contributed by atoms with E-state index in [0.29, 0.717) is 10.6 Å². The molecule has 2 N–H and O–H groups in total. The summed E-state index contributed by atoms with van der Waals surface area (Å²) in [5.41, 5.74) is 8.45. The molecule has 82 valence electrons. The van der Waals surface area contributed by atoms with Gasteiger partial charge in [-0.25, -0.2) is 4.79 Å². The predicted molar refractivity (Wildman–Crippen MR) is 65.5 cm³/mol. The summed E-state index contributed by atoms with van der Waals surface area (Å²) in [7, 11) is 1.37. The van der Waals surface area contributed by atoms with Gasteiger partial charge in [0.1, 0.15) is 4.88 Å². The molecular formula is C12H11NO2S. The molecule has 0 fully saturated rings. The lowest BCUT2D eigenvalue weighted by molar-refractivity contribution is 0.0606. The van der Waals surface area contributed by atoms with Crippen molar-refractivity contribution in [1.29, 1.82) is 0 Å². The maximum Gasteiger partial charge on any atom is 0.348 e. The number of benzene rings is 1. The van der Waals surface area contributed by atoms with Gasteiger partial charge in [0.2, 0.25) is 0 Å². The van der Waals surface area contributed by atoms with Gasteiger partial charge in [-0.05, 0) is 23.1 Å². The van der Waals surface area contributed by atoms with Gasteiger partial charge >= 0.3 is 5.97 Å². The van der Waals surface area contributed by atoms with E-state index in [4.69, 9.17) is 5.73 Å². The maximum atomic E-state index is 11.3. The fourth-order valence-electron chi connectivity index (χ4n) is 1.45. The van der Waals surface area contributed by atoms with Gasteiger partial charge in [-0.2, -0.15) is 0 Å². The van der Waals surface area contributed by atoms with Gasteiger partial charge in [0.15, 0.2) is 0 Å². The Hall–Kier alpha value is -1.81. The number of para-hydroxylation sites is 1. The third-order valence-corrected chi connectivity index (χ3v) is 3.17. The van der Waals surface area contributed by atoms with E-state index in [9.17, 15) is 4.79 Å². The van der Waals surface area contributed by atoms with Crippen molar-refractivity contribution in [3.8, 4) is 11.1 Å². The van der Waals surface area contributed by atoms with Crippen LogP contribution in [0.25, 0.3) is 11.1 Å². The van der Waals surface area contributed by atoms with Gasteiger partial charge in [-0.1, -0.05) is 18.2 Å². The highest BCUT2D eigenvalue weighted by Gasteiger charge is 2.10. The number of carbonyl (C=O) groups is 1. The Balaban J connectivity index is 2.39. The van der Waals surface area contributed by atoms with E-state index in [2.05, 4.69) is 4.74 Å². The molecule has 2 aromatic rings. The van der Waals surface area contributed by atoms with E-state index >= 15 is 0 Å². The molecule has 0 unspecified atom stereocenters. The van der Waals surface area contributed by atoms with Crippen molar-refractivity contribution < 1.29 is 9.53 Å².